The highest BCUT2D eigenvalue weighted by molar-refractivity contribution is 7.16. The maximum absolute atomic E-state index is 9.52. The molecule has 22 heavy (non-hydrogen) atoms. The second kappa shape index (κ2) is 4.93. The monoisotopic (exact) mass is 304 g/mol. The minimum Gasteiger partial charge on any atom is -0.216 e. The van der Waals surface area contributed by atoms with Crippen LogP contribution in [0.4, 0.5) is 0 Å². The molecule has 0 atom stereocenters. The van der Waals surface area contributed by atoms with Crippen LogP contribution in [0.2, 0.25) is 0 Å². The molecule has 0 spiro atoms. The predicted octanol–water partition coefficient (Wildman–Crippen LogP) is 4.05. The summed E-state index contributed by atoms with van der Waals surface area (Å²) in [5, 5.41) is 17.3. The van der Waals surface area contributed by atoms with E-state index in [1.807, 2.05) is 18.2 Å². The van der Waals surface area contributed by atoms with Crippen molar-refractivity contribution in [3.63, 3.8) is 0 Å². The molecule has 0 fully saturated rings. The van der Waals surface area contributed by atoms with Gasteiger partial charge in [-0.05, 0) is 23.3 Å². The summed E-state index contributed by atoms with van der Waals surface area (Å²) in [4.78, 5) is 5.40. The highest BCUT2D eigenvalue weighted by Crippen LogP contribution is 2.29. The van der Waals surface area contributed by atoms with Crippen LogP contribution in [0, 0.1) is 11.3 Å². The van der Waals surface area contributed by atoms with Crippen molar-refractivity contribution in [3.05, 3.63) is 53.2 Å². The molecular weight excluding hydrogens is 292 g/mol. The molecule has 4 rings (SSSR count). The average Bonchev–Trinajstić information content (AvgIpc) is 3.11. The Bertz CT molecular complexity index is 1040. The largest absolute Gasteiger partial charge is 0.216 e. The summed E-state index contributed by atoms with van der Waals surface area (Å²) in [5.74, 6) is 0. The maximum atomic E-state index is 9.52. The zero-order valence-electron chi connectivity index (χ0n) is 11.9. The van der Waals surface area contributed by atoms with Gasteiger partial charge in [0.05, 0.1) is 0 Å². The SMILES string of the molecule is CCc1nn2c(C#N)c(-c3ccc4ccccc4c3)nc2s1. The summed E-state index contributed by atoms with van der Waals surface area (Å²) in [7, 11) is 0. The van der Waals surface area contributed by atoms with Crippen LogP contribution >= 0.6 is 11.3 Å². The molecule has 2 aromatic heterocycles. The summed E-state index contributed by atoms with van der Waals surface area (Å²) in [5.41, 5.74) is 2.15. The lowest BCUT2D eigenvalue weighted by Gasteiger charge is -2.01. The second-order valence-corrected chi connectivity index (χ2v) is 6.07. The lowest BCUT2D eigenvalue weighted by Crippen LogP contribution is -1.92. The second-order valence-electron chi connectivity index (χ2n) is 5.03. The summed E-state index contributed by atoms with van der Waals surface area (Å²) >= 11 is 1.54. The van der Waals surface area contributed by atoms with E-state index in [4.69, 9.17) is 0 Å². The summed E-state index contributed by atoms with van der Waals surface area (Å²) in [6.45, 7) is 2.05. The molecule has 2 heterocycles. The Balaban J connectivity index is 1.95. The number of hydrogen-bond donors (Lipinski definition) is 0. The number of fused-ring (bicyclic) bond motifs is 2. The lowest BCUT2D eigenvalue weighted by atomic mass is 10.0. The van der Waals surface area contributed by atoms with Gasteiger partial charge in [0.15, 0.2) is 5.69 Å². The van der Waals surface area contributed by atoms with E-state index in [2.05, 4.69) is 47.3 Å². The quantitative estimate of drug-likeness (QED) is 0.561. The number of rotatable bonds is 2. The molecular formula is C17H12N4S. The van der Waals surface area contributed by atoms with Crippen molar-refractivity contribution in [2.75, 3.05) is 0 Å². The van der Waals surface area contributed by atoms with Gasteiger partial charge in [-0.25, -0.2) is 4.98 Å². The average molecular weight is 304 g/mol. The van der Waals surface area contributed by atoms with E-state index in [0.717, 1.165) is 27.3 Å². The number of aryl methyl sites for hydroxylation is 1. The van der Waals surface area contributed by atoms with Crippen molar-refractivity contribution in [1.82, 2.24) is 14.6 Å². The van der Waals surface area contributed by atoms with Gasteiger partial charge in [-0.15, -0.1) is 0 Å². The fourth-order valence-corrected chi connectivity index (χ4v) is 3.40. The van der Waals surface area contributed by atoms with Crippen molar-refractivity contribution in [3.8, 4) is 17.3 Å². The van der Waals surface area contributed by atoms with E-state index in [1.165, 1.54) is 16.7 Å². The summed E-state index contributed by atoms with van der Waals surface area (Å²) in [6, 6.07) is 16.6. The first-order chi connectivity index (χ1) is 10.8. The zero-order valence-corrected chi connectivity index (χ0v) is 12.8. The Kier molecular flexibility index (Phi) is 2.91. The van der Waals surface area contributed by atoms with Gasteiger partial charge in [-0.2, -0.15) is 14.9 Å². The van der Waals surface area contributed by atoms with Crippen LogP contribution in [0.15, 0.2) is 42.5 Å². The molecule has 106 valence electrons. The van der Waals surface area contributed by atoms with Crippen molar-refractivity contribution in [1.29, 1.82) is 5.26 Å². The summed E-state index contributed by atoms with van der Waals surface area (Å²) in [6.07, 6.45) is 0.851. The Morgan fingerprint density at radius 3 is 2.77 bits per heavy atom. The molecule has 2 aromatic carbocycles. The van der Waals surface area contributed by atoms with E-state index in [1.54, 1.807) is 4.52 Å². The van der Waals surface area contributed by atoms with Gasteiger partial charge in [0.25, 0.3) is 0 Å². The molecule has 0 amide bonds. The molecule has 0 aliphatic rings. The maximum Gasteiger partial charge on any atom is 0.214 e. The molecule has 0 unspecified atom stereocenters. The van der Waals surface area contributed by atoms with Crippen molar-refractivity contribution in [2.24, 2.45) is 0 Å². The molecule has 5 heteroatoms. The van der Waals surface area contributed by atoms with Gasteiger partial charge in [-0.3, -0.25) is 0 Å². The van der Waals surface area contributed by atoms with Crippen molar-refractivity contribution < 1.29 is 0 Å². The highest BCUT2D eigenvalue weighted by atomic mass is 32.1. The third kappa shape index (κ3) is 1.89. The topological polar surface area (TPSA) is 54.0 Å². The molecule has 4 aromatic rings. The van der Waals surface area contributed by atoms with E-state index in [0.29, 0.717) is 11.4 Å². The summed E-state index contributed by atoms with van der Waals surface area (Å²) < 4.78 is 1.66. The molecule has 0 bridgehead atoms. The van der Waals surface area contributed by atoms with Crippen LogP contribution < -0.4 is 0 Å². The fraction of sp³-hybridized carbons (Fsp3) is 0.118. The first-order valence-electron chi connectivity index (χ1n) is 7.08. The number of aromatic nitrogens is 3. The van der Waals surface area contributed by atoms with Crippen LogP contribution in [0.25, 0.3) is 27.0 Å². The number of imidazole rings is 1. The molecule has 0 aliphatic heterocycles. The standard InChI is InChI=1S/C17H12N4S/c1-2-15-20-21-14(10-18)16(19-17(21)22-15)13-8-7-11-5-3-4-6-12(11)9-13/h3-9H,2H2,1H3. The minimum atomic E-state index is 0.501. The Labute approximate surface area is 131 Å². The van der Waals surface area contributed by atoms with Crippen LogP contribution in [0.3, 0.4) is 0 Å². The van der Waals surface area contributed by atoms with Crippen LogP contribution in [0.1, 0.15) is 17.6 Å². The van der Waals surface area contributed by atoms with Gasteiger partial charge in [0.1, 0.15) is 16.8 Å². The first-order valence-corrected chi connectivity index (χ1v) is 7.89. The van der Waals surface area contributed by atoms with Gasteiger partial charge < -0.3 is 0 Å². The Hall–Kier alpha value is -2.71. The van der Waals surface area contributed by atoms with Crippen molar-refractivity contribution in [2.45, 2.75) is 13.3 Å². The molecule has 0 aliphatic carbocycles. The molecule has 0 radical (unpaired) electrons. The number of benzene rings is 2. The normalized spacial score (nSPS) is 11.1. The highest BCUT2D eigenvalue weighted by Gasteiger charge is 2.17. The number of nitrogens with zero attached hydrogens (tertiary/aromatic N) is 4. The van der Waals surface area contributed by atoms with Crippen molar-refractivity contribution >= 4 is 27.1 Å². The van der Waals surface area contributed by atoms with Gasteiger partial charge in [0, 0.05) is 5.56 Å². The van der Waals surface area contributed by atoms with Gasteiger partial charge in [0.2, 0.25) is 4.96 Å². The number of nitriles is 1. The van der Waals surface area contributed by atoms with Gasteiger partial charge in [-0.1, -0.05) is 54.7 Å². The van der Waals surface area contributed by atoms with E-state index >= 15 is 0 Å². The Morgan fingerprint density at radius 2 is 2.00 bits per heavy atom. The third-order valence-corrected chi connectivity index (χ3v) is 4.73. The van der Waals surface area contributed by atoms with E-state index < -0.39 is 0 Å². The number of hydrogen-bond acceptors (Lipinski definition) is 4. The minimum absolute atomic E-state index is 0.501. The van der Waals surface area contributed by atoms with Crippen LogP contribution in [-0.2, 0) is 6.42 Å². The molecule has 0 saturated heterocycles. The van der Waals surface area contributed by atoms with Gasteiger partial charge >= 0.3 is 0 Å². The third-order valence-electron chi connectivity index (χ3n) is 3.68. The fourth-order valence-electron chi connectivity index (χ4n) is 2.57. The van der Waals surface area contributed by atoms with E-state index in [-0.39, 0.29) is 0 Å². The zero-order chi connectivity index (χ0) is 15.1. The van der Waals surface area contributed by atoms with Crippen LogP contribution in [0.5, 0.6) is 0 Å². The lowest BCUT2D eigenvalue weighted by molar-refractivity contribution is 0.899. The predicted molar refractivity (Wildman–Crippen MR) is 87.9 cm³/mol. The first kappa shape index (κ1) is 13.0. The molecule has 4 nitrogen and oxygen atoms in total. The van der Waals surface area contributed by atoms with E-state index in [9.17, 15) is 5.26 Å². The van der Waals surface area contributed by atoms with Crippen LogP contribution in [-0.4, -0.2) is 14.6 Å². The molecule has 0 N–H and O–H groups in total. The molecule has 0 saturated carbocycles. The Morgan fingerprint density at radius 1 is 1.18 bits per heavy atom. The smallest absolute Gasteiger partial charge is 0.214 e.